The van der Waals surface area contributed by atoms with E-state index in [1.165, 1.54) is 6.92 Å². The SMILES string of the molecule is COC(=O)[C@H](C[C@H](C)C(=O)OC)NC(=O)c1c(F)cc(F)cc1F. The third-order valence-electron chi connectivity index (χ3n) is 3.22. The molecule has 1 rings (SSSR count). The van der Waals surface area contributed by atoms with Gasteiger partial charge in [-0.05, 0) is 6.42 Å². The fourth-order valence-electron chi connectivity index (χ4n) is 2.00. The third-order valence-corrected chi connectivity index (χ3v) is 3.22. The summed E-state index contributed by atoms with van der Waals surface area (Å²) in [5, 5.41) is 2.07. The highest BCUT2D eigenvalue weighted by molar-refractivity contribution is 5.97. The van der Waals surface area contributed by atoms with Crippen LogP contribution in [0.25, 0.3) is 0 Å². The summed E-state index contributed by atoms with van der Waals surface area (Å²) < 4.78 is 49.1. The second-order valence-electron chi connectivity index (χ2n) is 4.95. The summed E-state index contributed by atoms with van der Waals surface area (Å²) in [6, 6.07) is -0.676. The van der Waals surface area contributed by atoms with Crippen LogP contribution in [0.1, 0.15) is 23.7 Å². The fourth-order valence-corrected chi connectivity index (χ4v) is 2.00. The van der Waals surface area contributed by atoms with Crippen molar-refractivity contribution >= 4 is 17.8 Å². The number of methoxy groups -OCH3 is 2. The highest BCUT2D eigenvalue weighted by atomic mass is 19.1. The number of hydrogen-bond acceptors (Lipinski definition) is 5. The van der Waals surface area contributed by atoms with Gasteiger partial charge in [0, 0.05) is 12.1 Å². The summed E-state index contributed by atoms with van der Waals surface area (Å²) >= 11 is 0. The lowest BCUT2D eigenvalue weighted by Gasteiger charge is -2.19. The highest BCUT2D eigenvalue weighted by Crippen LogP contribution is 2.16. The molecule has 0 spiro atoms. The van der Waals surface area contributed by atoms with E-state index in [2.05, 4.69) is 14.8 Å². The first kappa shape index (κ1) is 19.5. The van der Waals surface area contributed by atoms with E-state index in [0.717, 1.165) is 14.2 Å². The zero-order valence-corrected chi connectivity index (χ0v) is 13.2. The van der Waals surface area contributed by atoms with Gasteiger partial charge in [0.15, 0.2) is 0 Å². The number of rotatable bonds is 6. The number of nitrogens with one attached hydrogen (secondary N) is 1. The lowest BCUT2D eigenvalue weighted by atomic mass is 10.0. The molecule has 1 aromatic carbocycles. The number of hydrogen-bond donors (Lipinski definition) is 1. The second-order valence-corrected chi connectivity index (χ2v) is 4.95. The van der Waals surface area contributed by atoms with Crippen LogP contribution in [0.15, 0.2) is 12.1 Å². The van der Waals surface area contributed by atoms with Crippen LogP contribution < -0.4 is 5.32 Å². The number of ether oxygens (including phenoxy) is 2. The van der Waals surface area contributed by atoms with Crippen molar-refractivity contribution in [1.29, 1.82) is 0 Å². The quantitative estimate of drug-likeness (QED) is 0.790. The molecule has 0 aliphatic rings. The number of benzene rings is 1. The van der Waals surface area contributed by atoms with Gasteiger partial charge in [0.25, 0.3) is 5.91 Å². The molecule has 0 fully saturated rings. The van der Waals surface area contributed by atoms with E-state index in [-0.39, 0.29) is 6.42 Å². The summed E-state index contributed by atoms with van der Waals surface area (Å²) in [7, 11) is 2.19. The summed E-state index contributed by atoms with van der Waals surface area (Å²) in [6.45, 7) is 1.44. The molecular weight excluding hydrogens is 331 g/mol. The summed E-state index contributed by atoms with van der Waals surface area (Å²) in [4.78, 5) is 35.1. The molecule has 0 heterocycles. The molecule has 2 atom stereocenters. The molecule has 0 saturated carbocycles. The van der Waals surface area contributed by atoms with Crippen LogP contribution in [0.3, 0.4) is 0 Å². The Morgan fingerprint density at radius 2 is 1.54 bits per heavy atom. The van der Waals surface area contributed by atoms with Crippen molar-refractivity contribution in [3.05, 3.63) is 35.1 Å². The first-order chi connectivity index (χ1) is 11.2. The van der Waals surface area contributed by atoms with Gasteiger partial charge < -0.3 is 14.8 Å². The van der Waals surface area contributed by atoms with Gasteiger partial charge in [-0.1, -0.05) is 6.92 Å². The molecule has 9 heteroatoms. The maximum Gasteiger partial charge on any atom is 0.328 e. The Hall–Kier alpha value is -2.58. The zero-order valence-electron chi connectivity index (χ0n) is 13.2. The number of carbonyl (C=O) groups is 3. The Morgan fingerprint density at radius 1 is 1.04 bits per heavy atom. The van der Waals surface area contributed by atoms with Crippen molar-refractivity contribution in [2.45, 2.75) is 19.4 Å². The normalized spacial score (nSPS) is 12.9. The molecule has 1 amide bonds. The molecule has 1 aromatic rings. The Morgan fingerprint density at radius 3 is 2.00 bits per heavy atom. The Bertz CT molecular complexity index is 627. The number of carbonyl (C=O) groups excluding carboxylic acids is 3. The molecule has 24 heavy (non-hydrogen) atoms. The van der Waals surface area contributed by atoms with Crippen LogP contribution in [-0.4, -0.2) is 38.1 Å². The van der Waals surface area contributed by atoms with Crippen LogP contribution in [0, 0.1) is 23.4 Å². The fraction of sp³-hybridized carbons (Fsp3) is 0.400. The van der Waals surface area contributed by atoms with E-state index in [9.17, 15) is 27.6 Å². The molecule has 0 aromatic heterocycles. The van der Waals surface area contributed by atoms with Gasteiger partial charge in [-0.15, -0.1) is 0 Å². The van der Waals surface area contributed by atoms with Gasteiger partial charge in [-0.2, -0.15) is 0 Å². The Labute approximate surface area is 135 Å². The summed E-state index contributed by atoms with van der Waals surface area (Å²) in [5.74, 6) is -7.66. The van der Waals surface area contributed by atoms with Crippen molar-refractivity contribution in [3.63, 3.8) is 0 Å². The largest absolute Gasteiger partial charge is 0.469 e. The van der Waals surface area contributed by atoms with Gasteiger partial charge in [-0.25, -0.2) is 18.0 Å². The molecule has 0 bridgehead atoms. The number of esters is 2. The average Bonchev–Trinajstić information content (AvgIpc) is 2.51. The van der Waals surface area contributed by atoms with Gasteiger partial charge >= 0.3 is 11.9 Å². The molecule has 0 aliphatic heterocycles. The predicted octanol–water partition coefficient (Wildman–Crippen LogP) is 1.57. The van der Waals surface area contributed by atoms with Gasteiger partial charge in [-0.3, -0.25) is 9.59 Å². The minimum absolute atomic E-state index is 0.213. The van der Waals surface area contributed by atoms with Crippen LogP contribution in [0.5, 0.6) is 0 Å². The van der Waals surface area contributed by atoms with Crippen molar-refractivity contribution in [2.75, 3.05) is 14.2 Å². The van der Waals surface area contributed by atoms with Crippen LogP contribution in [0.2, 0.25) is 0 Å². The predicted molar refractivity (Wildman–Crippen MR) is 75.4 cm³/mol. The minimum Gasteiger partial charge on any atom is -0.469 e. The maximum atomic E-state index is 13.6. The average molecular weight is 347 g/mol. The monoisotopic (exact) mass is 347 g/mol. The topological polar surface area (TPSA) is 81.7 Å². The number of halogens is 3. The van der Waals surface area contributed by atoms with Crippen LogP contribution in [-0.2, 0) is 19.1 Å². The molecule has 1 N–H and O–H groups in total. The molecular formula is C15H16F3NO5. The minimum atomic E-state index is -1.42. The first-order valence-corrected chi connectivity index (χ1v) is 6.82. The molecule has 0 unspecified atom stereocenters. The summed E-state index contributed by atoms with van der Waals surface area (Å²) in [5.41, 5.74) is -1.05. The van der Waals surface area contributed by atoms with Crippen LogP contribution in [0.4, 0.5) is 13.2 Å². The Balaban J connectivity index is 3.01. The molecule has 132 valence electrons. The lowest BCUT2D eigenvalue weighted by molar-refractivity contribution is -0.147. The van der Waals surface area contributed by atoms with E-state index in [1.807, 2.05) is 0 Å². The highest BCUT2D eigenvalue weighted by Gasteiger charge is 2.29. The van der Waals surface area contributed by atoms with E-state index in [1.54, 1.807) is 0 Å². The Kier molecular flexibility index (Phi) is 6.75. The second kappa shape index (κ2) is 8.32. The molecule has 0 radical (unpaired) electrons. The van der Waals surface area contributed by atoms with E-state index < -0.39 is 52.8 Å². The van der Waals surface area contributed by atoms with Crippen molar-refractivity contribution in [1.82, 2.24) is 5.32 Å². The zero-order chi connectivity index (χ0) is 18.4. The summed E-state index contributed by atoms with van der Waals surface area (Å²) in [6.07, 6.45) is -0.213. The van der Waals surface area contributed by atoms with Crippen molar-refractivity contribution in [3.8, 4) is 0 Å². The van der Waals surface area contributed by atoms with E-state index >= 15 is 0 Å². The van der Waals surface area contributed by atoms with Crippen molar-refractivity contribution in [2.24, 2.45) is 5.92 Å². The maximum absolute atomic E-state index is 13.6. The standard InChI is InChI=1S/C15H16F3NO5/c1-7(14(21)23-2)4-11(15(22)24-3)19-13(20)12-9(17)5-8(16)6-10(12)18/h5-7,11H,4H2,1-3H3,(H,19,20)/t7-,11-/m0/s1. The number of amides is 1. The van der Waals surface area contributed by atoms with Gasteiger partial charge in [0.1, 0.15) is 29.1 Å². The van der Waals surface area contributed by atoms with Crippen molar-refractivity contribution < 1.29 is 37.0 Å². The van der Waals surface area contributed by atoms with Gasteiger partial charge in [0.05, 0.1) is 20.1 Å². The molecule has 6 nitrogen and oxygen atoms in total. The van der Waals surface area contributed by atoms with E-state index in [0.29, 0.717) is 12.1 Å². The van der Waals surface area contributed by atoms with E-state index in [4.69, 9.17) is 0 Å². The van der Waals surface area contributed by atoms with Crippen LogP contribution >= 0.6 is 0 Å². The smallest absolute Gasteiger partial charge is 0.328 e. The first-order valence-electron chi connectivity index (χ1n) is 6.82. The lowest BCUT2D eigenvalue weighted by Crippen LogP contribution is -2.44. The molecule has 0 saturated heterocycles. The third kappa shape index (κ3) is 4.71. The molecule has 0 aliphatic carbocycles. The van der Waals surface area contributed by atoms with Gasteiger partial charge in [0.2, 0.25) is 0 Å².